The summed E-state index contributed by atoms with van der Waals surface area (Å²) in [5.74, 6) is -0.895. The highest BCUT2D eigenvalue weighted by Crippen LogP contribution is 2.24. The van der Waals surface area contributed by atoms with Gasteiger partial charge in [0.1, 0.15) is 18.0 Å². The molecule has 0 aliphatic carbocycles. The maximum absolute atomic E-state index is 14.2. The molecule has 0 atom stereocenters. The predicted molar refractivity (Wildman–Crippen MR) is 79.4 cm³/mol. The molecule has 0 fully saturated rings. The van der Waals surface area contributed by atoms with E-state index < -0.39 is 17.4 Å². The van der Waals surface area contributed by atoms with E-state index >= 15 is 0 Å². The van der Waals surface area contributed by atoms with Gasteiger partial charge in [-0.3, -0.25) is 9.48 Å². The molecule has 0 bridgehead atoms. The largest absolute Gasteiger partial charge is 0.459 e. The number of nitrogens with zero attached hydrogens (tertiary/aromatic N) is 2. The first-order chi connectivity index (χ1) is 10.3. The summed E-state index contributed by atoms with van der Waals surface area (Å²) in [6, 6.07) is 4.78. The Balaban J connectivity index is 2.17. The van der Waals surface area contributed by atoms with Gasteiger partial charge in [-0.1, -0.05) is 18.2 Å². The van der Waals surface area contributed by atoms with Gasteiger partial charge >= 0.3 is 5.97 Å². The average Bonchev–Trinajstić information content (AvgIpc) is 2.85. The summed E-state index contributed by atoms with van der Waals surface area (Å²) in [4.78, 5) is 11.8. The van der Waals surface area contributed by atoms with Crippen LogP contribution >= 0.6 is 0 Å². The Hall–Kier alpha value is -2.21. The van der Waals surface area contributed by atoms with Crippen molar-refractivity contribution in [1.29, 1.82) is 0 Å². The number of halogens is 1. The van der Waals surface area contributed by atoms with Crippen molar-refractivity contribution in [3.05, 3.63) is 42.0 Å². The van der Waals surface area contributed by atoms with Crippen molar-refractivity contribution in [3.63, 3.8) is 0 Å². The fraction of sp³-hybridized carbons (Fsp3) is 0.375. The number of hydrogen-bond acceptors (Lipinski definition) is 4. The number of esters is 1. The number of aliphatic hydroxyl groups is 1. The van der Waals surface area contributed by atoms with Crippen molar-refractivity contribution in [2.24, 2.45) is 0 Å². The lowest BCUT2D eigenvalue weighted by molar-refractivity contribution is -0.155. The van der Waals surface area contributed by atoms with Gasteiger partial charge in [0.25, 0.3) is 0 Å². The van der Waals surface area contributed by atoms with Crippen molar-refractivity contribution in [1.82, 2.24) is 9.78 Å². The summed E-state index contributed by atoms with van der Waals surface area (Å²) in [5.41, 5.74) is 0.532. The number of benzene rings is 1. The minimum Gasteiger partial charge on any atom is -0.459 e. The van der Waals surface area contributed by atoms with Crippen molar-refractivity contribution in [2.75, 3.05) is 0 Å². The summed E-state index contributed by atoms with van der Waals surface area (Å²) in [6.45, 7) is 4.95. The summed E-state index contributed by atoms with van der Waals surface area (Å²) in [7, 11) is 0. The molecule has 0 radical (unpaired) electrons. The number of carbonyl (C=O) groups excluding carboxylic acids is 1. The Morgan fingerprint density at radius 3 is 2.77 bits per heavy atom. The molecule has 1 N–H and O–H groups in total. The Labute approximate surface area is 128 Å². The zero-order valence-corrected chi connectivity index (χ0v) is 12.8. The Morgan fingerprint density at radius 1 is 1.41 bits per heavy atom. The van der Waals surface area contributed by atoms with Crippen LogP contribution in [0.4, 0.5) is 4.39 Å². The first-order valence-corrected chi connectivity index (χ1v) is 6.93. The van der Waals surface area contributed by atoms with Gasteiger partial charge in [-0.2, -0.15) is 5.10 Å². The fourth-order valence-electron chi connectivity index (χ4n) is 2.02. The number of rotatable bonds is 4. The molecular formula is C16H19FN2O3. The molecule has 0 amide bonds. The van der Waals surface area contributed by atoms with Gasteiger partial charge in [0.2, 0.25) is 0 Å². The van der Waals surface area contributed by atoms with Crippen LogP contribution in [0.1, 0.15) is 26.3 Å². The zero-order chi connectivity index (χ0) is 16.3. The summed E-state index contributed by atoms with van der Waals surface area (Å²) in [6.07, 6.45) is 3.05. The summed E-state index contributed by atoms with van der Waals surface area (Å²) in [5, 5.41) is 13.1. The third-order valence-electron chi connectivity index (χ3n) is 2.90. The van der Waals surface area contributed by atoms with E-state index in [-0.39, 0.29) is 18.7 Å². The van der Waals surface area contributed by atoms with E-state index in [1.807, 2.05) is 0 Å². The highest BCUT2D eigenvalue weighted by Gasteiger charge is 2.17. The molecule has 0 spiro atoms. The number of hydrogen-bond donors (Lipinski definition) is 1. The Bertz CT molecular complexity index is 674. The molecular weight excluding hydrogens is 287 g/mol. The lowest BCUT2D eigenvalue weighted by Crippen LogP contribution is -2.26. The molecule has 2 rings (SSSR count). The van der Waals surface area contributed by atoms with Crippen molar-refractivity contribution < 1.29 is 19.0 Å². The highest BCUT2D eigenvalue weighted by molar-refractivity contribution is 5.70. The van der Waals surface area contributed by atoms with Gasteiger partial charge in [-0.25, -0.2) is 4.39 Å². The van der Waals surface area contributed by atoms with E-state index in [0.717, 1.165) is 0 Å². The standard InChI is InChI=1S/C16H19FN2O3/c1-16(2,3)22-14(21)9-19-8-12(7-18-19)13-6-4-5-11(10-20)15(13)17/h4-8,20H,9-10H2,1-3H3. The Kier molecular flexibility index (Phi) is 4.61. The second kappa shape index (κ2) is 6.27. The number of aromatic nitrogens is 2. The Morgan fingerprint density at radius 2 is 2.14 bits per heavy atom. The van der Waals surface area contributed by atoms with E-state index in [1.54, 1.807) is 39.1 Å². The van der Waals surface area contributed by atoms with Crippen LogP contribution in [-0.2, 0) is 22.7 Å². The van der Waals surface area contributed by atoms with Crippen LogP contribution in [0.5, 0.6) is 0 Å². The van der Waals surface area contributed by atoms with Crippen LogP contribution in [0.25, 0.3) is 11.1 Å². The zero-order valence-electron chi connectivity index (χ0n) is 12.8. The van der Waals surface area contributed by atoms with Gasteiger partial charge in [0.15, 0.2) is 0 Å². The van der Waals surface area contributed by atoms with Gasteiger partial charge in [0, 0.05) is 22.9 Å². The lowest BCUT2D eigenvalue weighted by atomic mass is 10.1. The number of ether oxygens (including phenoxy) is 1. The quantitative estimate of drug-likeness (QED) is 0.882. The number of aliphatic hydroxyl groups excluding tert-OH is 1. The van der Waals surface area contributed by atoms with Crippen LogP contribution < -0.4 is 0 Å². The third-order valence-corrected chi connectivity index (χ3v) is 2.90. The second-order valence-electron chi connectivity index (χ2n) is 5.95. The van der Waals surface area contributed by atoms with E-state index in [0.29, 0.717) is 11.1 Å². The van der Waals surface area contributed by atoms with Crippen LogP contribution in [0.2, 0.25) is 0 Å². The van der Waals surface area contributed by atoms with E-state index in [9.17, 15) is 9.18 Å². The first kappa shape index (κ1) is 16.2. The average molecular weight is 306 g/mol. The van der Waals surface area contributed by atoms with Gasteiger partial charge < -0.3 is 9.84 Å². The summed E-state index contributed by atoms with van der Waals surface area (Å²) >= 11 is 0. The van der Waals surface area contributed by atoms with Crippen molar-refractivity contribution in [3.8, 4) is 11.1 Å². The minimum atomic E-state index is -0.561. The van der Waals surface area contributed by atoms with Gasteiger partial charge in [0.05, 0.1) is 12.8 Å². The molecule has 1 aromatic heterocycles. The van der Waals surface area contributed by atoms with E-state index in [1.165, 1.54) is 16.9 Å². The first-order valence-electron chi connectivity index (χ1n) is 6.93. The molecule has 118 valence electrons. The normalized spacial score (nSPS) is 11.5. The lowest BCUT2D eigenvalue weighted by Gasteiger charge is -2.19. The fourth-order valence-corrected chi connectivity index (χ4v) is 2.02. The van der Waals surface area contributed by atoms with Crippen LogP contribution in [0, 0.1) is 5.82 Å². The van der Waals surface area contributed by atoms with Crippen LogP contribution in [0.15, 0.2) is 30.6 Å². The maximum Gasteiger partial charge on any atom is 0.328 e. The highest BCUT2D eigenvalue weighted by atomic mass is 19.1. The molecule has 0 aliphatic heterocycles. The SMILES string of the molecule is CC(C)(C)OC(=O)Cn1cc(-c2cccc(CO)c2F)cn1. The van der Waals surface area contributed by atoms with Gasteiger partial charge in [-0.15, -0.1) is 0 Å². The van der Waals surface area contributed by atoms with Crippen LogP contribution in [-0.4, -0.2) is 26.5 Å². The van der Waals surface area contributed by atoms with E-state index in [4.69, 9.17) is 9.84 Å². The second-order valence-corrected chi connectivity index (χ2v) is 5.95. The summed E-state index contributed by atoms with van der Waals surface area (Å²) < 4.78 is 20.8. The monoisotopic (exact) mass is 306 g/mol. The molecule has 0 saturated carbocycles. The van der Waals surface area contributed by atoms with Crippen molar-refractivity contribution in [2.45, 2.75) is 39.5 Å². The van der Waals surface area contributed by atoms with Gasteiger partial charge in [-0.05, 0) is 20.8 Å². The number of carbonyl (C=O) groups is 1. The molecule has 0 saturated heterocycles. The molecule has 1 aromatic carbocycles. The third kappa shape index (κ3) is 3.92. The van der Waals surface area contributed by atoms with Crippen LogP contribution in [0.3, 0.4) is 0 Å². The molecule has 6 heteroatoms. The predicted octanol–water partition coefficient (Wildman–Crippen LogP) is 2.52. The topological polar surface area (TPSA) is 64.3 Å². The molecule has 1 heterocycles. The molecule has 5 nitrogen and oxygen atoms in total. The smallest absolute Gasteiger partial charge is 0.328 e. The molecule has 2 aromatic rings. The van der Waals surface area contributed by atoms with Crippen molar-refractivity contribution >= 4 is 5.97 Å². The molecule has 0 aliphatic rings. The van der Waals surface area contributed by atoms with E-state index in [2.05, 4.69) is 5.10 Å². The maximum atomic E-state index is 14.2. The minimum absolute atomic E-state index is 0.0431. The molecule has 22 heavy (non-hydrogen) atoms. The molecule has 0 unspecified atom stereocenters.